The van der Waals surface area contributed by atoms with Crippen molar-refractivity contribution in [1.29, 1.82) is 0 Å². The number of piperidine rings is 1. The molecule has 0 bridgehead atoms. The number of aliphatic hydroxyl groups is 1. The van der Waals surface area contributed by atoms with E-state index in [1.165, 1.54) is 0 Å². The van der Waals surface area contributed by atoms with Gasteiger partial charge in [-0.1, -0.05) is 31.0 Å². The van der Waals surface area contributed by atoms with E-state index >= 15 is 0 Å². The Balaban J connectivity index is 0.000000455. The number of carbonyl (C=O) groups is 2. The first-order chi connectivity index (χ1) is 17.2. The van der Waals surface area contributed by atoms with Crippen LogP contribution in [-0.2, 0) is 9.59 Å². The first-order valence-electron chi connectivity index (χ1n) is 12.4. The van der Waals surface area contributed by atoms with Crippen molar-refractivity contribution in [1.82, 2.24) is 24.9 Å². The Morgan fingerprint density at radius 3 is 2.33 bits per heavy atom. The Morgan fingerprint density at radius 2 is 1.72 bits per heavy atom. The molecule has 1 saturated carbocycles. The maximum absolute atomic E-state index is 10.7. The van der Waals surface area contributed by atoms with E-state index in [1.54, 1.807) is 0 Å². The van der Waals surface area contributed by atoms with Gasteiger partial charge < -0.3 is 24.6 Å². The van der Waals surface area contributed by atoms with Crippen LogP contribution in [0.5, 0.6) is 0 Å². The van der Waals surface area contributed by atoms with Gasteiger partial charge >= 0.3 is 11.9 Å². The van der Waals surface area contributed by atoms with E-state index in [4.69, 9.17) is 29.3 Å². The molecule has 0 amide bonds. The molecule has 0 spiro atoms. The molecule has 1 saturated heterocycles. The average molecular weight is 500 g/mol. The van der Waals surface area contributed by atoms with Crippen molar-refractivity contribution in [2.75, 3.05) is 19.6 Å². The fourth-order valence-electron chi connectivity index (χ4n) is 5.08. The van der Waals surface area contributed by atoms with Crippen LogP contribution in [0.2, 0.25) is 0 Å². The lowest BCUT2D eigenvalue weighted by atomic mass is 9.94. The van der Waals surface area contributed by atoms with Gasteiger partial charge in [0.05, 0.1) is 11.1 Å². The lowest BCUT2D eigenvalue weighted by Crippen LogP contribution is -2.44. The topological polar surface area (TPSA) is 155 Å². The number of β-amino-alcohol motifs (C(OH)–C–C–N with tert-alkyl or cyclic N) is 1. The number of nitrogens with zero attached hydrogens (tertiary/aromatic N) is 5. The lowest BCUT2D eigenvalue weighted by Gasteiger charge is -2.35. The summed E-state index contributed by atoms with van der Waals surface area (Å²) in [7, 11) is 0. The van der Waals surface area contributed by atoms with E-state index in [0.717, 1.165) is 74.8 Å². The molecule has 194 valence electrons. The van der Waals surface area contributed by atoms with Gasteiger partial charge in [-0.25, -0.2) is 9.59 Å². The van der Waals surface area contributed by atoms with Crippen LogP contribution in [0.1, 0.15) is 70.2 Å². The third-order valence-electron chi connectivity index (χ3n) is 6.92. The highest BCUT2D eigenvalue weighted by molar-refractivity contribution is 6.27. The summed E-state index contributed by atoms with van der Waals surface area (Å²) in [6, 6.07) is 8.44. The van der Waals surface area contributed by atoms with Gasteiger partial charge in [-0.05, 0) is 58.7 Å². The van der Waals surface area contributed by atoms with Crippen molar-refractivity contribution < 1.29 is 29.3 Å². The Bertz CT molecular complexity index is 1190. The summed E-state index contributed by atoms with van der Waals surface area (Å²) in [5.41, 5.74) is 1.38. The Kier molecular flexibility index (Phi) is 7.70. The van der Waals surface area contributed by atoms with E-state index in [1.807, 2.05) is 16.8 Å². The Morgan fingerprint density at radius 1 is 1.08 bits per heavy atom. The largest absolute Gasteiger partial charge is 0.473 e. The second-order valence-electron chi connectivity index (χ2n) is 9.94. The summed E-state index contributed by atoms with van der Waals surface area (Å²) in [5, 5.41) is 40.0. The highest BCUT2D eigenvalue weighted by atomic mass is 16.4. The minimum absolute atomic E-state index is 0.255. The Labute approximate surface area is 208 Å². The predicted octanol–water partition coefficient (Wildman–Crippen LogP) is 3.31. The molecule has 11 nitrogen and oxygen atoms in total. The van der Waals surface area contributed by atoms with Gasteiger partial charge in [0.15, 0.2) is 5.69 Å². The number of likely N-dealkylation sites (tertiary alicyclic amines) is 1. The van der Waals surface area contributed by atoms with Crippen LogP contribution >= 0.6 is 0 Å². The van der Waals surface area contributed by atoms with Gasteiger partial charge in [0.25, 0.3) is 5.89 Å². The normalized spacial score (nSPS) is 18.3. The average Bonchev–Trinajstić information content (AvgIpc) is 3.58. The van der Waals surface area contributed by atoms with Crippen molar-refractivity contribution in [3.05, 3.63) is 30.2 Å². The third kappa shape index (κ3) is 5.73. The number of rotatable bonds is 5. The second-order valence-corrected chi connectivity index (χ2v) is 9.94. The van der Waals surface area contributed by atoms with E-state index in [0.29, 0.717) is 11.8 Å². The smallest absolute Gasteiger partial charge is 0.414 e. The first-order valence-corrected chi connectivity index (χ1v) is 12.4. The molecule has 3 heterocycles. The monoisotopic (exact) mass is 499 g/mol. The molecule has 36 heavy (non-hydrogen) atoms. The molecule has 11 heteroatoms. The van der Waals surface area contributed by atoms with E-state index in [9.17, 15) is 5.11 Å². The lowest BCUT2D eigenvalue weighted by molar-refractivity contribution is -0.159. The number of carboxylic acid groups (broad SMARTS) is 2. The van der Waals surface area contributed by atoms with Crippen LogP contribution in [0.4, 0.5) is 0 Å². The maximum atomic E-state index is 10.7. The molecule has 1 aromatic carbocycles. The molecule has 1 aliphatic heterocycles. The van der Waals surface area contributed by atoms with Crippen LogP contribution in [0.25, 0.3) is 22.5 Å². The second kappa shape index (κ2) is 10.8. The summed E-state index contributed by atoms with van der Waals surface area (Å²) in [5.74, 6) is -2.15. The SMILES string of the molecule is CC(C)n1nc(-c2nnc(C3CCN(CC4(O)CCCC4)CC3)o2)c2ccccc21.O=C(O)C(=O)O. The molecule has 2 fully saturated rings. The molecular formula is C25H33N5O6. The van der Waals surface area contributed by atoms with Gasteiger partial charge in [0.1, 0.15) is 0 Å². The molecule has 3 aromatic rings. The van der Waals surface area contributed by atoms with Gasteiger partial charge in [-0.2, -0.15) is 5.10 Å². The number of fused-ring (bicyclic) bond motifs is 1. The zero-order chi connectivity index (χ0) is 25.9. The number of para-hydroxylation sites is 1. The molecule has 0 radical (unpaired) electrons. The van der Waals surface area contributed by atoms with Gasteiger partial charge in [0.2, 0.25) is 5.89 Å². The van der Waals surface area contributed by atoms with Crippen LogP contribution in [0, 0.1) is 0 Å². The van der Waals surface area contributed by atoms with E-state index in [-0.39, 0.29) is 12.0 Å². The number of hydrogen-bond donors (Lipinski definition) is 3. The van der Waals surface area contributed by atoms with Crippen molar-refractivity contribution in [2.45, 2.75) is 69.9 Å². The molecule has 2 aliphatic rings. The fourth-order valence-corrected chi connectivity index (χ4v) is 5.08. The number of hydrogen-bond acceptors (Lipinski definition) is 8. The minimum atomic E-state index is -1.82. The number of benzene rings is 1. The van der Waals surface area contributed by atoms with Crippen LogP contribution in [0.3, 0.4) is 0 Å². The van der Waals surface area contributed by atoms with Crippen molar-refractivity contribution >= 4 is 22.8 Å². The first kappa shape index (κ1) is 25.8. The van der Waals surface area contributed by atoms with E-state index < -0.39 is 17.5 Å². The van der Waals surface area contributed by atoms with Crippen LogP contribution in [0.15, 0.2) is 28.7 Å². The zero-order valence-electron chi connectivity index (χ0n) is 20.6. The quantitative estimate of drug-likeness (QED) is 0.445. The van der Waals surface area contributed by atoms with Gasteiger partial charge in [0, 0.05) is 23.9 Å². The maximum Gasteiger partial charge on any atom is 0.414 e. The van der Waals surface area contributed by atoms with Crippen molar-refractivity contribution in [3.8, 4) is 11.6 Å². The summed E-state index contributed by atoms with van der Waals surface area (Å²) < 4.78 is 8.15. The number of aliphatic carboxylic acids is 2. The highest BCUT2D eigenvalue weighted by Gasteiger charge is 2.35. The summed E-state index contributed by atoms with van der Waals surface area (Å²) in [6.07, 6.45) is 6.16. The molecular weight excluding hydrogens is 466 g/mol. The summed E-state index contributed by atoms with van der Waals surface area (Å²) in [4.78, 5) is 20.6. The number of aromatic nitrogens is 4. The standard InChI is InChI=1S/C23H31N5O2.C2H2O4/c1-16(2)28-19-8-4-3-7-18(19)20(26-28)22-25-24-21(30-22)17-9-13-27(14-10-17)15-23(29)11-5-6-12-23;3-1(4)2(5)6/h3-4,7-8,16-17,29H,5-6,9-15H2,1-2H3;(H,3,4)(H,5,6). The molecule has 2 aromatic heterocycles. The van der Waals surface area contributed by atoms with Crippen LogP contribution in [-0.4, -0.2) is 77.4 Å². The zero-order valence-corrected chi connectivity index (χ0v) is 20.6. The Hall–Kier alpha value is -3.31. The van der Waals surface area contributed by atoms with Gasteiger partial charge in [-0.3, -0.25) is 4.68 Å². The van der Waals surface area contributed by atoms with Crippen molar-refractivity contribution in [3.63, 3.8) is 0 Å². The van der Waals surface area contributed by atoms with E-state index in [2.05, 4.69) is 41.1 Å². The highest BCUT2D eigenvalue weighted by Crippen LogP contribution is 2.35. The molecule has 1 aliphatic carbocycles. The minimum Gasteiger partial charge on any atom is -0.473 e. The molecule has 3 N–H and O–H groups in total. The molecule has 0 atom stereocenters. The third-order valence-corrected chi connectivity index (χ3v) is 6.92. The van der Waals surface area contributed by atoms with Crippen molar-refractivity contribution in [2.24, 2.45) is 0 Å². The summed E-state index contributed by atoms with van der Waals surface area (Å²) in [6.45, 7) is 6.98. The molecule has 5 rings (SSSR count). The predicted molar refractivity (Wildman–Crippen MR) is 131 cm³/mol. The van der Waals surface area contributed by atoms with Crippen LogP contribution < -0.4 is 0 Å². The molecule has 0 unspecified atom stereocenters. The fraction of sp³-hybridized carbons (Fsp3) is 0.560. The number of carboxylic acids is 2. The summed E-state index contributed by atoms with van der Waals surface area (Å²) >= 11 is 0. The van der Waals surface area contributed by atoms with Gasteiger partial charge in [-0.15, -0.1) is 10.2 Å².